The Morgan fingerprint density at radius 1 is 1.14 bits per heavy atom. The van der Waals surface area contributed by atoms with Gasteiger partial charge in [-0.25, -0.2) is 0 Å². The lowest BCUT2D eigenvalue weighted by atomic mass is 10.3. The van der Waals surface area contributed by atoms with Gasteiger partial charge in [0, 0.05) is 23.7 Å². The Morgan fingerprint density at radius 3 is 2.77 bits per heavy atom. The lowest BCUT2D eigenvalue weighted by Crippen LogP contribution is -3.00. The van der Waals surface area contributed by atoms with Crippen molar-refractivity contribution in [2.75, 3.05) is 12.3 Å². The van der Waals surface area contributed by atoms with E-state index in [2.05, 4.69) is 38.4 Å². The molecule has 1 N–H and O–H groups in total. The van der Waals surface area contributed by atoms with Gasteiger partial charge < -0.3 is 17.7 Å². The Balaban J connectivity index is 0.00000176. The highest BCUT2D eigenvalue weighted by molar-refractivity contribution is 7.99. The highest BCUT2D eigenvalue weighted by Gasteiger charge is 2.07. The second-order valence-corrected chi connectivity index (χ2v) is 6.41. The Hall–Kier alpha value is -1.41. The zero-order valence-corrected chi connectivity index (χ0v) is 14.1. The van der Waals surface area contributed by atoms with E-state index in [0.29, 0.717) is 0 Å². The third-order valence-corrected chi connectivity index (χ3v) is 4.63. The zero-order chi connectivity index (χ0) is 14.3. The van der Waals surface area contributed by atoms with E-state index in [0.717, 1.165) is 29.7 Å². The fourth-order valence-corrected chi connectivity index (χ4v) is 3.30. The van der Waals surface area contributed by atoms with E-state index in [1.54, 1.807) is 27.8 Å². The molecule has 0 bridgehead atoms. The molecule has 0 radical (unpaired) electrons. The summed E-state index contributed by atoms with van der Waals surface area (Å²) in [6, 6.07) is 14.1. The molecule has 1 aromatic carbocycles. The van der Waals surface area contributed by atoms with Gasteiger partial charge in [0.05, 0.1) is 5.69 Å². The summed E-state index contributed by atoms with van der Waals surface area (Å²) in [5.74, 6) is 0.929. The molecule has 0 saturated heterocycles. The number of nitrogens with zero attached hydrogens (tertiary/aromatic N) is 4. The van der Waals surface area contributed by atoms with Crippen molar-refractivity contribution in [3.05, 3.63) is 52.7 Å². The van der Waals surface area contributed by atoms with Crippen LogP contribution in [0.25, 0.3) is 5.69 Å². The Morgan fingerprint density at radius 2 is 2.00 bits per heavy atom. The van der Waals surface area contributed by atoms with Crippen LogP contribution in [0.15, 0.2) is 53.0 Å². The first-order chi connectivity index (χ1) is 10.4. The number of hydrogen-bond donors (Lipinski definition) is 1. The first kappa shape index (κ1) is 17.0. The van der Waals surface area contributed by atoms with Crippen LogP contribution in [0.3, 0.4) is 0 Å². The van der Waals surface area contributed by atoms with Crippen LogP contribution in [0.1, 0.15) is 4.88 Å². The van der Waals surface area contributed by atoms with Crippen LogP contribution < -0.4 is 17.7 Å². The van der Waals surface area contributed by atoms with E-state index in [-0.39, 0.29) is 12.4 Å². The maximum atomic E-state index is 4.08. The average Bonchev–Trinajstić information content (AvgIpc) is 3.19. The molecule has 0 aliphatic carbocycles. The molecule has 2 aromatic heterocycles. The van der Waals surface area contributed by atoms with Crippen molar-refractivity contribution < 1.29 is 12.4 Å². The maximum Gasteiger partial charge on any atom is 0.214 e. The summed E-state index contributed by atoms with van der Waals surface area (Å²) in [4.78, 5) is 1.36. The van der Waals surface area contributed by atoms with Crippen LogP contribution in [0.4, 0.5) is 0 Å². The lowest BCUT2D eigenvalue weighted by Gasteiger charge is -2.04. The normalized spacial score (nSPS) is 10.4. The molecule has 0 unspecified atom stereocenters. The molecule has 0 atom stereocenters. The van der Waals surface area contributed by atoms with Gasteiger partial charge in [0.25, 0.3) is 0 Å². The van der Waals surface area contributed by atoms with Crippen LogP contribution in [-0.2, 0) is 6.54 Å². The summed E-state index contributed by atoms with van der Waals surface area (Å²) in [7, 11) is 0. The highest BCUT2D eigenvalue weighted by atomic mass is 35.5. The molecule has 0 aliphatic rings. The molecule has 0 amide bonds. The maximum absolute atomic E-state index is 4.08. The van der Waals surface area contributed by atoms with Crippen molar-refractivity contribution >= 4 is 23.1 Å². The Labute approximate surface area is 143 Å². The van der Waals surface area contributed by atoms with Crippen molar-refractivity contribution in [3.63, 3.8) is 0 Å². The molecular formula is C14H15ClN5S2-. The van der Waals surface area contributed by atoms with Crippen LogP contribution in [0, 0.1) is 0 Å². The van der Waals surface area contributed by atoms with E-state index < -0.39 is 0 Å². The summed E-state index contributed by atoms with van der Waals surface area (Å²) in [5, 5.41) is 18.2. The van der Waals surface area contributed by atoms with Gasteiger partial charge >= 0.3 is 0 Å². The third kappa shape index (κ3) is 4.54. The predicted octanol–water partition coefficient (Wildman–Crippen LogP) is -0.390. The summed E-state index contributed by atoms with van der Waals surface area (Å²) < 4.78 is 1.77. The van der Waals surface area contributed by atoms with Gasteiger partial charge in [-0.05, 0) is 34.0 Å². The first-order valence-electron chi connectivity index (χ1n) is 6.63. The second-order valence-electron chi connectivity index (χ2n) is 4.31. The standard InChI is InChI=1S/C14H15N5S2.ClH/c1-2-5-12(6-3-1)19-14(16-17-18-19)21-10-8-15-11-13-7-4-9-20-13;/h1-7,9,15H,8,10-11H2;1H/p-1. The highest BCUT2D eigenvalue weighted by Crippen LogP contribution is 2.17. The largest absolute Gasteiger partial charge is 1.00 e. The number of aromatic nitrogens is 4. The molecule has 0 spiro atoms. The summed E-state index contributed by atoms with van der Waals surface area (Å²) in [6.07, 6.45) is 0. The average molecular weight is 353 g/mol. The minimum atomic E-state index is 0. The number of thiophene rings is 1. The molecule has 22 heavy (non-hydrogen) atoms. The fraction of sp³-hybridized carbons (Fsp3) is 0.214. The summed E-state index contributed by atoms with van der Waals surface area (Å²) in [6.45, 7) is 1.84. The Kier molecular flexibility index (Phi) is 6.85. The summed E-state index contributed by atoms with van der Waals surface area (Å²) >= 11 is 3.43. The SMILES string of the molecule is [Cl-].c1ccc(-n2nnnc2SCCNCc2cccs2)cc1. The molecular weight excluding hydrogens is 338 g/mol. The molecule has 8 heteroatoms. The predicted molar refractivity (Wildman–Crippen MR) is 85.9 cm³/mol. The second kappa shape index (κ2) is 8.89. The van der Waals surface area contributed by atoms with Gasteiger partial charge in [0.2, 0.25) is 5.16 Å². The zero-order valence-electron chi connectivity index (χ0n) is 11.7. The third-order valence-electron chi connectivity index (χ3n) is 2.83. The van der Waals surface area contributed by atoms with Gasteiger partial charge in [0.15, 0.2) is 0 Å². The topological polar surface area (TPSA) is 55.6 Å². The van der Waals surface area contributed by atoms with Crippen LogP contribution in [-0.4, -0.2) is 32.5 Å². The molecule has 3 rings (SSSR count). The molecule has 0 aliphatic heterocycles. The fourth-order valence-electron chi connectivity index (χ4n) is 1.84. The lowest BCUT2D eigenvalue weighted by molar-refractivity contribution is -0.00000427. The van der Waals surface area contributed by atoms with Gasteiger partial charge in [-0.1, -0.05) is 36.0 Å². The van der Waals surface area contributed by atoms with Crippen molar-refractivity contribution in [1.29, 1.82) is 0 Å². The molecule has 0 fully saturated rings. The monoisotopic (exact) mass is 352 g/mol. The van der Waals surface area contributed by atoms with E-state index in [4.69, 9.17) is 0 Å². The van der Waals surface area contributed by atoms with Crippen molar-refractivity contribution in [3.8, 4) is 5.69 Å². The smallest absolute Gasteiger partial charge is 0.214 e. The van der Waals surface area contributed by atoms with E-state index in [1.807, 2.05) is 30.3 Å². The first-order valence-corrected chi connectivity index (χ1v) is 8.50. The molecule has 2 heterocycles. The van der Waals surface area contributed by atoms with Crippen molar-refractivity contribution in [2.24, 2.45) is 0 Å². The molecule has 116 valence electrons. The number of halogens is 1. The Bertz CT molecular complexity index is 657. The van der Waals surface area contributed by atoms with E-state index >= 15 is 0 Å². The molecule has 0 saturated carbocycles. The molecule has 5 nitrogen and oxygen atoms in total. The van der Waals surface area contributed by atoms with Crippen LogP contribution in [0.5, 0.6) is 0 Å². The van der Waals surface area contributed by atoms with Crippen molar-refractivity contribution in [1.82, 2.24) is 25.5 Å². The quantitative estimate of drug-likeness (QED) is 0.463. The van der Waals surface area contributed by atoms with Crippen LogP contribution in [0.2, 0.25) is 0 Å². The molecule has 3 aromatic rings. The van der Waals surface area contributed by atoms with Gasteiger partial charge in [0.1, 0.15) is 0 Å². The van der Waals surface area contributed by atoms with E-state index in [9.17, 15) is 0 Å². The number of hydrogen-bond acceptors (Lipinski definition) is 6. The number of rotatable bonds is 7. The number of benzene rings is 1. The minimum Gasteiger partial charge on any atom is -1.00 e. The minimum absolute atomic E-state index is 0. The van der Waals surface area contributed by atoms with E-state index in [1.165, 1.54) is 4.88 Å². The number of thioether (sulfide) groups is 1. The summed E-state index contributed by atoms with van der Waals surface area (Å²) in [5.41, 5.74) is 0.983. The van der Waals surface area contributed by atoms with Gasteiger partial charge in [-0.2, -0.15) is 4.68 Å². The van der Waals surface area contributed by atoms with Crippen LogP contribution >= 0.6 is 23.1 Å². The van der Waals surface area contributed by atoms with Gasteiger partial charge in [-0.15, -0.1) is 16.4 Å². The number of para-hydroxylation sites is 1. The van der Waals surface area contributed by atoms with Crippen molar-refractivity contribution in [2.45, 2.75) is 11.7 Å². The van der Waals surface area contributed by atoms with Gasteiger partial charge in [-0.3, -0.25) is 0 Å². The number of nitrogens with one attached hydrogen (secondary N) is 1. The number of tetrazole rings is 1.